The predicted molar refractivity (Wildman–Crippen MR) is 98.8 cm³/mol. The van der Waals surface area contributed by atoms with Gasteiger partial charge in [-0.3, -0.25) is 9.59 Å². The van der Waals surface area contributed by atoms with Crippen LogP contribution in [0.15, 0.2) is 48.5 Å². The largest absolute Gasteiger partial charge is 0.483 e. The van der Waals surface area contributed by atoms with E-state index in [1.54, 1.807) is 24.3 Å². The van der Waals surface area contributed by atoms with Crippen LogP contribution in [0.2, 0.25) is 0 Å². The van der Waals surface area contributed by atoms with E-state index in [1.807, 2.05) is 31.2 Å². The number of carbonyl (C=O) groups excluding carboxylic acids is 2. The molecule has 0 spiro atoms. The fraction of sp³-hybridized carbons (Fsp3) is 0.300. The second kappa shape index (κ2) is 8.33. The molecule has 0 fully saturated rings. The second-order valence-corrected chi connectivity index (χ2v) is 6.27. The molecule has 5 heteroatoms. The molecule has 0 atom stereocenters. The van der Waals surface area contributed by atoms with Crippen LogP contribution in [0.1, 0.15) is 30.9 Å². The average molecular weight is 340 g/mol. The van der Waals surface area contributed by atoms with Gasteiger partial charge in [0.25, 0.3) is 5.91 Å². The quantitative estimate of drug-likeness (QED) is 0.842. The Morgan fingerprint density at radius 1 is 1.12 bits per heavy atom. The fourth-order valence-corrected chi connectivity index (χ4v) is 2.55. The van der Waals surface area contributed by atoms with Crippen LogP contribution in [-0.4, -0.2) is 25.0 Å². The first-order valence-electron chi connectivity index (χ1n) is 8.25. The zero-order valence-corrected chi connectivity index (χ0v) is 14.9. The van der Waals surface area contributed by atoms with E-state index in [-0.39, 0.29) is 25.0 Å². The molecule has 2 rings (SSSR count). The summed E-state index contributed by atoms with van der Waals surface area (Å²) >= 11 is 0. The van der Waals surface area contributed by atoms with Gasteiger partial charge in [0.2, 0.25) is 5.91 Å². The highest BCUT2D eigenvalue weighted by Crippen LogP contribution is 2.27. The van der Waals surface area contributed by atoms with Gasteiger partial charge in [-0.15, -0.1) is 0 Å². The van der Waals surface area contributed by atoms with E-state index in [9.17, 15) is 9.59 Å². The summed E-state index contributed by atoms with van der Waals surface area (Å²) in [4.78, 5) is 25.3. The van der Waals surface area contributed by atoms with Crippen LogP contribution in [0.3, 0.4) is 0 Å². The topological polar surface area (TPSA) is 72.6 Å². The Bertz CT molecular complexity index is 742. The van der Waals surface area contributed by atoms with Crippen LogP contribution in [0.4, 0.5) is 5.69 Å². The minimum absolute atomic E-state index is 0.161. The number of primary amides is 1. The molecule has 132 valence electrons. The van der Waals surface area contributed by atoms with Crippen molar-refractivity contribution in [1.29, 1.82) is 0 Å². The minimum atomic E-state index is -0.573. The Kier molecular flexibility index (Phi) is 6.17. The van der Waals surface area contributed by atoms with Crippen LogP contribution in [0.25, 0.3) is 0 Å². The molecule has 0 aliphatic heterocycles. The molecule has 2 N–H and O–H groups in total. The van der Waals surface area contributed by atoms with Crippen LogP contribution in [-0.2, 0) is 9.59 Å². The van der Waals surface area contributed by atoms with Crippen molar-refractivity contribution in [3.05, 3.63) is 59.7 Å². The molecule has 25 heavy (non-hydrogen) atoms. The van der Waals surface area contributed by atoms with Gasteiger partial charge in [-0.25, -0.2) is 0 Å². The highest BCUT2D eigenvalue weighted by atomic mass is 16.5. The molecular formula is C20H24N2O3. The van der Waals surface area contributed by atoms with Crippen molar-refractivity contribution in [2.45, 2.75) is 26.7 Å². The van der Waals surface area contributed by atoms with E-state index in [0.717, 1.165) is 11.1 Å². The second-order valence-electron chi connectivity index (χ2n) is 6.27. The predicted octanol–water partition coefficient (Wildman–Crippen LogP) is 3.02. The van der Waals surface area contributed by atoms with Crippen molar-refractivity contribution >= 4 is 17.5 Å². The molecule has 2 amide bonds. The van der Waals surface area contributed by atoms with Crippen molar-refractivity contribution in [1.82, 2.24) is 0 Å². The Morgan fingerprint density at radius 2 is 1.80 bits per heavy atom. The monoisotopic (exact) mass is 340 g/mol. The van der Waals surface area contributed by atoms with Crippen LogP contribution >= 0.6 is 0 Å². The number of amides is 2. The summed E-state index contributed by atoms with van der Waals surface area (Å²) in [5.41, 5.74) is 8.00. The molecule has 0 bridgehead atoms. The zero-order valence-electron chi connectivity index (χ0n) is 14.9. The summed E-state index contributed by atoms with van der Waals surface area (Å²) in [6, 6.07) is 14.9. The highest BCUT2D eigenvalue weighted by Gasteiger charge is 2.19. The Balaban J connectivity index is 2.17. The maximum Gasteiger partial charge on any atom is 0.265 e. The molecule has 0 heterocycles. The number of hydrogen-bond donors (Lipinski definition) is 1. The number of rotatable bonds is 7. The molecule has 5 nitrogen and oxygen atoms in total. The van der Waals surface area contributed by atoms with Gasteiger partial charge in [0.05, 0.1) is 0 Å². The van der Waals surface area contributed by atoms with E-state index >= 15 is 0 Å². The van der Waals surface area contributed by atoms with Crippen molar-refractivity contribution in [2.24, 2.45) is 5.73 Å². The SMILES string of the molecule is Cc1ccc(C(C)C)c(OCC(=O)N(CC(N)=O)c2ccccc2)c1. The number of para-hydroxylation sites is 1. The molecule has 2 aromatic rings. The third-order valence-corrected chi connectivity index (χ3v) is 3.83. The van der Waals surface area contributed by atoms with Crippen molar-refractivity contribution < 1.29 is 14.3 Å². The number of nitrogens with zero attached hydrogens (tertiary/aromatic N) is 1. The number of ether oxygens (including phenoxy) is 1. The van der Waals surface area contributed by atoms with Gasteiger partial charge in [-0.05, 0) is 42.2 Å². The van der Waals surface area contributed by atoms with E-state index in [2.05, 4.69) is 13.8 Å². The first-order chi connectivity index (χ1) is 11.9. The lowest BCUT2D eigenvalue weighted by molar-refractivity contribution is -0.123. The molecule has 0 aliphatic rings. The standard InChI is InChI=1S/C20H24N2O3/c1-14(2)17-10-9-15(3)11-18(17)25-13-20(24)22(12-19(21)23)16-7-5-4-6-8-16/h4-11,14H,12-13H2,1-3H3,(H2,21,23). The third-order valence-electron chi connectivity index (χ3n) is 3.83. The molecule has 0 saturated carbocycles. The van der Waals surface area contributed by atoms with Crippen LogP contribution < -0.4 is 15.4 Å². The molecule has 2 aromatic carbocycles. The van der Waals surface area contributed by atoms with Crippen LogP contribution in [0.5, 0.6) is 5.75 Å². The van der Waals surface area contributed by atoms with E-state index in [1.165, 1.54) is 4.90 Å². The number of anilines is 1. The zero-order chi connectivity index (χ0) is 18.4. The van der Waals surface area contributed by atoms with E-state index in [0.29, 0.717) is 11.4 Å². The van der Waals surface area contributed by atoms with E-state index < -0.39 is 5.91 Å². The normalized spacial score (nSPS) is 10.6. The Morgan fingerprint density at radius 3 is 2.40 bits per heavy atom. The number of benzene rings is 2. The number of aryl methyl sites for hydroxylation is 1. The number of carbonyl (C=O) groups is 2. The average Bonchev–Trinajstić information content (AvgIpc) is 2.58. The maximum atomic E-state index is 12.6. The van der Waals surface area contributed by atoms with Crippen LogP contribution in [0, 0.1) is 6.92 Å². The summed E-state index contributed by atoms with van der Waals surface area (Å²) in [5, 5.41) is 0. The lowest BCUT2D eigenvalue weighted by atomic mass is 10.0. The molecule has 0 radical (unpaired) electrons. The van der Waals surface area contributed by atoms with Gasteiger partial charge < -0.3 is 15.4 Å². The molecule has 0 unspecified atom stereocenters. The fourth-order valence-electron chi connectivity index (χ4n) is 2.55. The lowest BCUT2D eigenvalue weighted by Crippen LogP contribution is -2.41. The third kappa shape index (κ3) is 5.08. The summed E-state index contributed by atoms with van der Waals surface area (Å²) < 4.78 is 5.78. The smallest absolute Gasteiger partial charge is 0.265 e. The molecular weight excluding hydrogens is 316 g/mol. The summed E-state index contributed by atoms with van der Waals surface area (Å²) in [5.74, 6) is 0.0776. The highest BCUT2D eigenvalue weighted by molar-refractivity contribution is 5.99. The van der Waals surface area contributed by atoms with Gasteiger partial charge in [0.15, 0.2) is 6.61 Å². The maximum absolute atomic E-state index is 12.6. The molecule has 0 aliphatic carbocycles. The Labute approximate surface area is 148 Å². The summed E-state index contributed by atoms with van der Waals surface area (Å²) in [6.07, 6.45) is 0. The van der Waals surface area contributed by atoms with Gasteiger partial charge in [-0.1, -0.05) is 44.2 Å². The van der Waals surface area contributed by atoms with Gasteiger partial charge in [0.1, 0.15) is 12.3 Å². The van der Waals surface area contributed by atoms with Gasteiger partial charge >= 0.3 is 0 Å². The first kappa shape index (κ1) is 18.5. The number of nitrogens with two attached hydrogens (primary N) is 1. The molecule has 0 saturated heterocycles. The van der Waals surface area contributed by atoms with Gasteiger partial charge in [-0.2, -0.15) is 0 Å². The van der Waals surface area contributed by atoms with Gasteiger partial charge in [0, 0.05) is 5.69 Å². The summed E-state index contributed by atoms with van der Waals surface area (Å²) in [6.45, 7) is 5.77. The Hall–Kier alpha value is -2.82. The number of hydrogen-bond acceptors (Lipinski definition) is 3. The van der Waals surface area contributed by atoms with E-state index in [4.69, 9.17) is 10.5 Å². The van der Waals surface area contributed by atoms with Crippen molar-refractivity contribution in [3.63, 3.8) is 0 Å². The minimum Gasteiger partial charge on any atom is -0.483 e. The van der Waals surface area contributed by atoms with Crippen molar-refractivity contribution in [3.8, 4) is 5.75 Å². The summed E-state index contributed by atoms with van der Waals surface area (Å²) in [7, 11) is 0. The molecule has 0 aromatic heterocycles. The first-order valence-corrected chi connectivity index (χ1v) is 8.25. The lowest BCUT2D eigenvalue weighted by Gasteiger charge is -2.22. The van der Waals surface area contributed by atoms with Crippen molar-refractivity contribution in [2.75, 3.05) is 18.1 Å².